The molecule has 0 bridgehead atoms. The molecule has 9 N–H and O–H groups in total. The number of hydrogen-bond acceptors (Lipinski definition) is 7. The molecule has 37 heavy (non-hydrogen) atoms. The molecule has 0 aliphatic heterocycles. The Labute approximate surface area is 218 Å². The summed E-state index contributed by atoms with van der Waals surface area (Å²) in [5, 5.41) is 26.8. The van der Waals surface area contributed by atoms with Gasteiger partial charge in [-0.1, -0.05) is 39.8 Å². The number of carboxylic acid groups (broad SMARTS) is 1. The highest BCUT2D eigenvalue weighted by atomic mass is 16.4. The number of carbonyl (C=O) groups is 4. The summed E-state index contributed by atoms with van der Waals surface area (Å²) in [5.74, 6) is -3.05. The van der Waals surface area contributed by atoms with Crippen LogP contribution in [0.5, 0.6) is 5.75 Å². The van der Waals surface area contributed by atoms with Gasteiger partial charge in [-0.15, -0.1) is 0 Å². The molecule has 0 aliphatic carbocycles. The Bertz CT molecular complexity index is 890. The van der Waals surface area contributed by atoms with Gasteiger partial charge >= 0.3 is 5.97 Å². The number of hydrogen-bond donors (Lipinski definition) is 7. The summed E-state index contributed by atoms with van der Waals surface area (Å²) < 4.78 is 0. The Kier molecular flexibility index (Phi) is 13.6. The third-order valence-corrected chi connectivity index (χ3v) is 5.88. The fourth-order valence-electron chi connectivity index (χ4n) is 3.76. The molecule has 0 radical (unpaired) electrons. The van der Waals surface area contributed by atoms with Gasteiger partial charge in [-0.3, -0.25) is 14.4 Å². The summed E-state index contributed by atoms with van der Waals surface area (Å²) in [6.45, 7) is 7.60. The minimum absolute atomic E-state index is 0.0430. The van der Waals surface area contributed by atoms with Crippen LogP contribution in [0.25, 0.3) is 0 Å². The first-order valence-electron chi connectivity index (χ1n) is 12.7. The summed E-state index contributed by atoms with van der Waals surface area (Å²) in [6.07, 6.45) is 1.94. The lowest BCUT2D eigenvalue weighted by molar-refractivity contribution is -0.143. The van der Waals surface area contributed by atoms with E-state index in [1.807, 2.05) is 13.8 Å². The number of nitrogens with two attached hydrogens (primary N) is 2. The van der Waals surface area contributed by atoms with Crippen LogP contribution in [-0.2, 0) is 25.6 Å². The van der Waals surface area contributed by atoms with E-state index in [2.05, 4.69) is 16.0 Å². The number of phenols is 1. The molecule has 208 valence electrons. The number of benzene rings is 1. The van der Waals surface area contributed by atoms with E-state index in [4.69, 9.17) is 11.5 Å². The first-order valence-corrected chi connectivity index (χ1v) is 12.7. The highest BCUT2D eigenvalue weighted by Gasteiger charge is 2.32. The molecule has 0 heterocycles. The van der Waals surface area contributed by atoms with Crippen LogP contribution >= 0.6 is 0 Å². The molecule has 1 rings (SSSR count). The molecule has 0 saturated carbocycles. The molecular formula is C26H43N5O6. The fraction of sp³-hybridized carbons (Fsp3) is 0.615. The number of carbonyl (C=O) groups excluding carboxylic acids is 3. The van der Waals surface area contributed by atoms with Crippen molar-refractivity contribution in [2.45, 2.75) is 84.0 Å². The zero-order valence-electron chi connectivity index (χ0n) is 22.2. The lowest BCUT2D eigenvalue weighted by Gasteiger charge is -2.27. The molecule has 1 aromatic carbocycles. The van der Waals surface area contributed by atoms with Crippen molar-refractivity contribution in [2.24, 2.45) is 23.3 Å². The number of nitrogens with one attached hydrogen (secondary N) is 3. The van der Waals surface area contributed by atoms with Crippen molar-refractivity contribution < 1.29 is 29.4 Å². The van der Waals surface area contributed by atoms with Crippen molar-refractivity contribution in [1.29, 1.82) is 0 Å². The lowest BCUT2D eigenvalue weighted by atomic mass is 9.99. The maximum atomic E-state index is 13.2. The number of rotatable bonds is 16. The second-order valence-corrected chi connectivity index (χ2v) is 10.1. The van der Waals surface area contributed by atoms with Crippen molar-refractivity contribution in [3.05, 3.63) is 29.8 Å². The summed E-state index contributed by atoms with van der Waals surface area (Å²) in [7, 11) is 0. The monoisotopic (exact) mass is 521 g/mol. The van der Waals surface area contributed by atoms with Crippen molar-refractivity contribution in [2.75, 3.05) is 6.54 Å². The Morgan fingerprint density at radius 3 is 1.97 bits per heavy atom. The van der Waals surface area contributed by atoms with Crippen molar-refractivity contribution in [3.8, 4) is 5.75 Å². The van der Waals surface area contributed by atoms with Crippen LogP contribution in [0.15, 0.2) is 24.3 Å². The first kappa shape index (κ1) is 31.8. The van der Waals surface area contributed by atoms with Crippen LogP contribution in [-0.4, -0.2) is 64.6 Å². The summed E-state index contributed by atoms with van der Waals surface area (Å²) >= 11 is 0. The fourth-order valence-corrected chi connectivity index (χ4v) is 3.76. The summed E-state index contributed by atoms with van der Waals surface area (Å²) in [6, 6.07) is 2.33. The number of carboxylic acids is 1. The third-order valence-electron chi connectivity index (χ3n) is 5.88. The Hall–Kier alpha value is -3.18. The van der Waals surface area contributed by atoms with E-state index in [1.165, 1.54) is 12.1 Å². The van der Waals surface area contributed by atoms with Gasteiger partial charge in [0.1, 0.15) is 23.9 Å². The molecule has 4 unspecified atom stereocenters. The Morgan fingerprint density at radius 1 is 0.865 bits per heavy atom. The second kappa shape index (κ2) is 15.8. The smallest absolute Gasteiger partial charge is 0.326 e. The van der Waals surface area contributed by atoms with E-state index in [0.717, 1.165) is 5.56 Å². The highest BCUT2D eigenvalue weighted by Crippen LogP contribution is 2.12. The van der Waals surface area contributed by atoms with Gasteiger partial charge in [0.15, 0.2) is 0 Å². The zero-order valence-corrected chi connectivity index (χ0v) is 22.2. The molecule has 3 amide bonds. The largest absolute Gasteiger partial charge is 0.508 e. The minimum atomic E-state index is -1.15. The summed E-state index contributed by atoms with van der Waals surface area (Å²) in [4.78, 5) is 50.5. The van der Waals surface area contributed by atoms with Crippen LogP contribution in [0.1, 0.15) is 58.9 Å². The normalized spacial score (nSPS) is 14.5. The van der Waals surface area contributed by atoms with Gasteiger partial charge in [-0.2, -0.15) is 0 Å². The lowest BCUT2D eigenvalue weighted by Crippen LogP contribution is -2.58. The Balaban J connectivity index is 2.94. The predicted molar refractivity (Wildman–Crippen MR) is 140 cm³/mol. The van der Waals surface area contributed by atoms with Gasteiger partial charge in [0.05, 0.1) is 6.04 Å². The van der Waals surface area contributed by atoms with Crippen LogP contribution in [0.2, 0.25) is 0 Å². The molecule has 0 aliphatic rings. The molecule has 0 aromatic heterocycles. The maximum absolute atomic E-state index is 13.2. The van der Waals surface area contributed by atoms with Gasteiger partial charge in [-0.25, -0.2) is 4.79 Å². The topological polar surface area (TPSA) is 197 Å². The first-order chi connectivity index (χ1) is 17.3. The third kappa shape index (κ3) is 11.6. The van der Waals surface area contributed by atoms with E-state index in [9.17, 15) is 29.4 Å². The van der Waals surface area contributed by atoms with Crippen molar-refractivity contribution >= 4 is 23.7 Å². The summed E-state index contributed by atoms with van der Waals surface area (Å²) in [5.41, 5.74) is 12.4. The van der Waals surface area contributed by atoms with Crippen LogP contribution in [0, 0.1) is 11.8 Å². The number of aromatic hydroxyl groups is 1. The van der Waals surface area contributed by atoms with Gasteiger partial charge in [-0.05, 0) is 68.2 Å². The van der Waals surface area contributed by atoms with Crippen molar-refractivity contribution in [1.82, 2.24) is 16.0 Å². The van der Waals surface area contributed by atoms with E-state index >= 15 is 0 Å². The molecule has 0 fully saturated rings. The van der Waals surface area contributed by atoms with E-state index < -0.39 is 47.9 Å². The van der Waals surface area contributed by atoms with Crippen LogP contribution in [0.4, 0.5) is 0 Å². The van der Waals surface area contributed by atoms with E-state index in [0.29, 0.717) is 19.4 Å². The number of phenolic OH excluding ortho intramolecular Hbond substituents is 1. The van der Waals surface area contributed by atoms with E-state index in [1.54, 1.807) is 26.0 Å². The average Bonchev–Trinajstić information content (AvgIpc) is 2.82. The number of amides is 3. The quantitative estimate of drug-likeness (QED) is 0.154. The predicted octanol–water partition coefficient (Wildman–Crippen LogP) is 0.632. The average molecular weight is 522 g/mol. The van der Waals surface area contributed by atoms with Gasteiger partial charge in [0.25, 0.3) is 0 Å². The SMILES string of the molecule is CC(C)CC(NC(=O)C(NC(=O)C(CCCCN)NC(=O)C(N)Cc1ccc(O)cc1)C(C)C)C(=O)O. The molecule has 0 spiro atoms. The maximum Gasteiger partial charge on any atom is 0.326 e. The van der Waals surface area contributed by atoms with Crippen LogP contribution < -0.4 is 27.4 Å². The van der Waals surface area contributed by atoms with Gasteiger partial charge in [0.2, 0.25) is 17.7 Å². The highest BCUT2D eigenvalue weighted by molar-refractivity contribution is 5.94. The Morgan fingerprint density at radius 2 is 1.46 bits per heavy atom. The van der Waals surface area contributed by atoms with E-state index in [-0.39, 0.29) is 36.8 Å². The molecule has 0 saturated heterocycles. The molecule has 11 heteroatoms. The zero-order chi connectivity index (χ0) is 28.1. The number of unbranched alkanes of at least 4 members (excludes halogenated alkanes) is 1. The number of aliphatic carboxylic acids is 1. The van der Waals surface area contributed by atoms with Crippen molar-refractivity contribution in [3.63, 3.8) is 0 Å². The molecule has 1 aromatic rings. The van der Waals surface area contributed by atoms with Gasteiger partial charge < -0.3 is 37.6 Å². The molecule has 4 atom stereocenters. The van der Waals surface area contributed by atoms with Gasteiger partial charge in [0, 0.05) is 0 Å². The standard InChI is InChI=1S/C26H43N5O6/c1-15(2)13-21(26(36)37)30-25(35)22(16(3)4)31-24(34)20(7-5-6-12-27)29-23(33)19(28)14-17-8-10-18(32)11-9-17/h8-11,15-16,19-22,32H,5-7,12-14,27-28H2,1-4H3,(H,29,33)(H,30,35)(H,31,34)(H,36,37). The molecule has 11 nitrogen and oxygen atoms in total. The minimum Gasteiger partial charge on any atom is -0.508 e. The van der Waals surface area contributed by atoms with Crippen LogP contribution in [0.3, 0.4) is 0 Å². The second-order valence-electron chi connectivity index (χ2n) is 10.1. The molecular weight excluding hydrogens is 478 g/mol.